The van der Waals surface area contributed by atoms with Crippen molar-refractivity contribution in [1.82, 2.24) is 25.8 Å². The Morgan fingerprint density at radius 3 is 2.81 bits per heavy atom. The summed E-state index contributed by atoms with van der Waals surface area (Å²) in [7, 11) is 3.37. The van der Waals surface area contributed by atoms with Crippen LogP contribution in [0.4, 0.5) is 0 Å². The van der Waals surface area contributed by atoms with E-state index < -0.39 is 0 Å². The van der Waals surface area contributed by atoms with Crippen molar-refractivity contribution in [3.63, 3.8) is 0 Å². The molecule has 0 bridgehead atoms. The Bertz CT molecular complexity index is 831. The van der Waals surface area contributed by atoms with E-state index in [0.29, 0.717) is 36.5 Å². The fourth-order valence-corrected chi connectivity index (χ4v) is 2.25. The van der Waals surface area contributed by atoms with Crippen LogP contribution in [0.25, 0.3) is 11.6 Å². The Balaban J connectivity index is 0.00000243. The summed E-state index contributed by atoms with van der Waals surface area (Å²) in [5.74, 6) is 3.34. The highest BCUT2D eigenvalue weighted by atomic mass is 127. The average molecular weight is 468 g/mol. The van der Waals surface area contributed by atoms with E-state index in [1.807, 2.05) is 30.3 Å². The summed E-state index contributed by atoms with van der Waals surface area (Å²) in [6.45, 7) is 1.09. The van der Waals surface area contributed by atoms with E-state index in [1.54, 1.807) is 26.5 Å². The molecule has 3 aromatic rings. The largest absolute Gasteiger partial charge is 0.497 e. The monoisotopic (exact) mass is 468 g/mol. The van der Waals surface area contributed by atoms with Gasteiger partial charge in [0.2, 0.25) is 5.82 Å². The van der Waals surface area contributed by atoms with Crippen LogP contribution in [0.5, 0.6) is 5.75 Å². The van der Waals surface area contributed by atoms with Gasteiger partial charge < -0.3 is 19.8 Å². The van der Waals surface area contributed by atoms with E-state index in [-0.39, 0.29) is 24.0 Å². The quantitative estimate of drug-likeness (QED) is 0.292. The molecule has 0 saturated heterocycles. The highest BCUT2D eigenvalue weighted by Gasteiger charge is 2.08. The normalized spacial score (nSPS) is 10.9. The minimum absolute atomic E-state index is 0. The van der Waals surface area contributed by atoms with Gasteiger partial charge in [0.1, 0.15) is 11.6 Å². The molecule has 0 saturated carbocycles. The van der Waals surface area contributed by atoms with E-state index in [2.05, 4.69) is 30.8 Å². The van der Waals surface area contributed by atoms with Crippen molar-refractivity contribution in [2.24, 2.45) is 4.99 Å². The van der Waals surface area contributed by atoms with Crippen molar-refractivity contribution in [3.8, 4) is 17.3 Å². The highest BCUT2D eigenvalue weighted by Crippen LogP contribution is 2.14. The minimum atomic E-state index is 0. The molecule has 0 aliphatic rings. The lowest BCUT2D eigenvalue weighted by molar-refractivity contribution is 0.414. The molecule has 0 atom stereocenters. The van der Waals surface area contributed by atoms with Gasteiger partial charge in [-0.15, -0.1) is 29.1 Å². The third kappa shape index (κ3) is 5.22. The number of guanidine groups is 1. The predicted octanol–water partition coefficient (Wildman–Crippen LogP) is 2.56. The Morgan fingerprint density at radius 2 is 2.08 bits per heavy atom. The smallest absolute Gasteiger partial charge is 0.216 e. The number of halogens is 1. The first-order valence-corrected chi connectivity index (χ1v) is 7.81. The summed E-state index contributed by atoms with van der Waals surface area (Å²) >= 11 is 0. The van der Waals surface area contributed by atoms with Crippen LogP contribution in [0.2, 0.25) is 0 Å². The van der Waals surface area contributed by atoms with Crippen LogP contribution < -0.4 is 15.4 Å². The number of H-pyrrole nitrogens is 1. The fraction of sp³-hybridized carbons (Fsp3) is 0.235. The number of aliphatic imine (C=N–C) groups is 1. The molecule has 0 spiro atoms. The molecule has 9 heteroatoms. The molecule has 0 unspecified atom stereocenters. The Kier molecular flexibility index (Phi) is 7.45. The van der Waals surface area contributed by atoms with Gasteiger partial charge in [-0.05, 0) is 29.8 Å². The maximum absolute atomic E-state index is 5.27. The summed E-state index contributed by atoms with van der Waals surface area (Å²) in [5, 5.41) is 13.4. The number of aromatic nitrogens is 3. The van der Waals surface area contributed by atoms with Crippen LogP contribution in [-0.4, -0.2) is 35.3 Å². The molecule has 0 fully saturated rings. The lowest BCUT2D eigenvalue weighted by Crippen LogP contribution is -2.36. The van der Waals surface area contributed by atoms with Crippen LogP contribution in [-0.2, 0) is 13.1 Å². The van der Waals surface area contributed by atoms with Crippen molar-refractivity contribution in [2.45, 2.75) is 13.1 Å². The number of benzene rings is 1. The number of rotatable bonds is 6. The van der Waals surface area contributed by atoms with Crippen LogP contribution in [0.15, 0.2) is 52.1 Å². The van der Waals surface area contributed by atoms with Gasteiger partial charge in [-0.2, -0.15) is 0 Å². The molecule has 1 aromatic carbocycles. The van der Waals surface area contributed by atoms with E-state index in [4.69, 9.17) is 9.15 Å². The molecular formula is C17H21IN6O2. The second kappa shape index (κ2) is 9.80. The molecule has 2 aromatic heterocycles. The molecule has 0 aliphatic heterocycles. The van der Waals surface area contributed by atoms with Crippen LogP contribution in [0, 0.1) is 0 Å². The van der Waals surface area contributed by atoms with E-state index in [1.165, 1.54) is 0 Å². The van der Waals surface area contributed by atoms with E-state index in [9.17, 15) is 0 Å². The van der Waals surface area contributed by atoms with Gasteiger partial charge >= 0.3 is 0 Å². The summed E-state index contributed by atoms with van der Waals surface area (Å²) in [5.41, 5.74) is 1.10. The zero-order valence-electron chi connectivity index (χ0n) is 14.5. The molecule has 3 N–H and O–H groups in total. The summed E-state index contributed by atoms with van der Waals surface area (Å²) in [6, 6.07) is 11.5. The number of ether oxygens (including phenoxy) is 1. The number of hydrogen-bond donors (Lipinski definition) is 3. The van der Waals surface area contributed by atoms with Gasteiger partial charge in [0.25, 0.3) is 0 Å². The number of aromatic amines is 1. The van der Waals surface area contributed by atoms with Crippen LogP contribution in [0.3, 0.4) is 0 Å². The van der Waals surface area contributed by atoms with Crippen molar-refractivity contribution in [1.29, 1.82) is 0 Å². The van der Waals surface area contributed by atoms with Crippen LogP contribution in [0.1, 0.15) is 11.4 Å². The van der Waals surface area contributed by atoms with E-state index >= 15 is 0 Å². The SMILES string of the molecule is CN=C(NCc1cccc(OC)c1)NCc1nc(-c2ccco2)n[nH]1.I. The maximum atomic E-state index is 5.27. The second-order valence-electron chi connectivity index (χ2n) is 5.21. The first-order chi connectivity index (χ1) is 12.3. The van der Waals surface area contributed by atoms with E-state index in [0.717, 1.165) is 11.3 Å². The first-order valence-electron chi connectivity index (χ1n) is 7.81. The van der Waals surface area contributed by atoms with Crippen molar-refractivity contribution in [3.05, 3.63) is 54.0 Å². The molecule has 0 aliphatic carbocycles. The van der Waals surface area contributed by atoms with Crippen molar-refractivity contribution >= 4 is 29.9 Å². The average Bonchev–Trinajstić information content (AvgIpc) is 3.33. The van der Waals surface area contributed by atoms with Gasteiger partial charge in [0, 0.05) is 13.6 Å². The number of furan rings is 1. The number of hydrogen-bond acceptors (Lipinski definition) is 5. The molecule has 0 amide bonds. The molecule has 138 valence electrons. The molecule has 3 rings (SSSR count). The first kappa shape index (κ1) is 19.8. The van der Waals surface area contributed by atoms with Crippen LogP contribution >= 0.6 is 24.0 Å². The summed E-state index contributed by atoms with van der Waals surface area (Å²) < 4.78 is 10.5. The van der Waals surface area contributed by atoms with Gasteiger partial charge in [-0.25, -0.2) is 4.98 Å². The Labute approximate surface area is 168 Å². The van der Waals surface area contributed by atoms with Gasteiger partial charge in [0.15, 0.2) is 11.7 Å². The minimum Gasteiger partial charge on any atom is -0.497 e. The second-order valence-corrected chi connectivity index (χ2v) is 5.21. The topological polar surface area (TPSA) is 100 Å². The third-order valence-electron chi connectivity index (χ3n) is 3.51. The lowest BCUT2D eigenvalue weighted by atomic mass is 10.2. The Hall–Kier alpha value is -2.56. The molecule has 26 heavy (non-hydrogen) atoms. The van der Waals surface area contributed by atoms with Crippen molar-refractivity contribution in [2.75, 3.05) is 14.2 Å². The summed E-state index contributed by atoms with van der Waals surface area (Å²) in [6.07, 6.45) is 1.59. The molecule has 8 nitrogen and oxygen atoms in total. The maximum Gasteiger partial charge on any atom is 0.216 e. The lowest BCUT2D eigenvalue weighted by Gasteiger charge is -2.11. The predicted molar refractivity (Wildman–Crippen MR) is 110 cm³/mol. The third-order valence-corrected chi connectivity index (χ3v) is 3.51. The standard InChI is InChI=1S/C17H20N6O2.HI/c1-18-17(19-10-12-5-3-6-13(9-12)24-2)20-11-15-21-16(23-22-15)14-7-4-8-25-14;/h3-9H,10-11H2,1-2H3,(H2,18,19,20)(H,21,22,23);1H. The zero-order chi connectivity index (χ0) is 17.5. The van der Waals surface area contributed by atoms with Gasteiger partial charge in [0.05, 0.1) is 19.9 Å². The Morgan fingerprint density at radius 1 is 1.23 bits per heavy atom. The number of methoxy groups -OCH3 is 1. The fourth-order valence-electron chi connectivity index (χ4n) is 2.25. The summed E-state index contributed by atoms with van der Waals surface area (Å²) in [4.78, 5) is 8.58. The molecular weight excluding hydrogens is 447 g/mol. The molecule has 2 heterocycles. The highest BCUT2D eigenvalue weighted by molar-refractivity contribution is 14.0. The van der Waals surface area contributed by atoms with Gasteiger partial charge in [-0.1, -0.05) is 12.1 Å². The number of nitrogens with zero attached hydrogens (tertiary/aromatic N) is 3. The van der Waals surface area contributed by atoms with Gasteiger partial charge in [-0.3, -0.25) is 10.1 Å². The van der Waals surface area contributed by atoms with Crippen molar-refractivity contribution < 1.29 is 9.15 Å². The zero-order valence-corrected chi connectivity index (χ0v) is 16.9. The molecule has 0 radical (unpaired) electrons. The number of nitrogens with one attached hydrogen (secondary N) is 3.